The molecular formula is C63H34O3. The molecule has 0 atom stereocenters. The minimum Gasteiger partial charge on any atom is -0.456 e. The summed E-state index contributed by atoms with van der Waals surface area (Å²) in [6.07, 6.45) is 0. The fourth-order valence-electron chi connectivity index (χ4n) is 12.5. The van der Waals surface area contributed by atoms with Crippen molar-refractivity contribution in [3.8, 4) is 44.5 Å². The summed E-state index contributed by atoms with van der Waals surface area (Å²) in [4.78, 5) is 0. The normalized spacial score (nSPS) is 13.6. The molecule has 66 heavy (non-hydrogen) atoms. The van der Waals surface area contributed by atoms with Crippen molar-refractivity contribution in [3.63, 3.8) is 0 Å². The second kappa shape index (κ2) is 12.3. The Morgan fingerprint density at radius 2 is 0.803 bits per heavy atom. The first kappa shape index (κ1) is 34.8. The standard InChI is InChI=1S/C63H34O3/c1-2-18-41-37(14-1)46-32-35(36-29-31-55-47(33-36)40-17-5-10-24-52(40)64-55)28-30-43(46)61-59(41)60-51(63(61)49-22-8-3-15-38(49)39-16-4-9-23-50(39)63)34-48(58-45-20-7-12-26-54(45)66-62(58)60)42-21-13-27-56-57(42)44-19-6-11-25-53(44)65-56/h1-34H. The molecule has 0 radical (unpaired) electrons. The van der Waals surface area contributed by atoms with Gasteiger partial charge >= 0.3 is 0 Å². The summed E-state index contributed by atoms with van der Waals surface area (Å²) in [5.74, 6) is 0. The summed E-state index contributed by atoms with van der Waals surface area (Å²) in [5.41, 5.74) is 19.3. The Bertz CT molecular complexity index is 4430. The summed E-state index contributed by atoms with van der Waals surface area (Å²) >= 11 is 0. The van der Waals surface area contributed by atoms with Crippen LogP contribution in [-0.4, -0.2) is 0 Å². The molecule has 1 spiro atoms. The van der Waals surface area contributed by atoms with Gasteiger partial charge in [-0.15, -0.1) is 0 Å². The number of hydrogen-bond acceptors (Lipinski definition) is 3. The van der Waals surface area contributed by atoms with Crippen LogP contribution in [0.4, 0.5) is 0 Å². The molecule has 3 nitrogen and oxygen atoms in total. The molecule has 2 aliphatic rings. The largest absolute Gasteiger partial charge is 0.456 e. The maximum absolute atomic E-state index is 7.34. The molecule has 0 fully saturated rings. The molecule has 0 bridgehead atoms. The van der Waals surface area contributed by atoms with Crippen molar-refractivity contribution in [2.75, 3.05) is 0 Å². The average Bonchev–Trinajstić information content (AvgIpc) is 4.19. The molecule has 3 aromatic heterocycles. The highest BCUT2D eigenvalue weighted by Crippen LogP contribution is 2.67. The highest BCUT2D eigenvalue weighted by molar-refractivity contribution is 6.28. The molecule has 3 heterocycles. The summed E-state index contributed by atoms with van der Waals surface area (Å²) in [7, 11) is 0. The molecule has 304 valence electrons. The van der Waals surface area contributed by atoms with Gasteiger partial charge in [0.25, 0.3) is 0 Å². The number of para-hydroxylation sites is 3. The highest BCUT2D eigenvalue weighted by atomic mass is 16.3. The van der Waals surface area contributed by atoms with Gasteiger partial charge in [0, 0.05) is 37.9 Å². The van der Waals surface area contributed by atoms with Crippen molar-refractivity contribution in [2.24, 2.45) is 0 Å². The smallest absolute Gasteiger partial charge is 0.144 e. The number of rotatable bonds is 2. The lowest BCUT2D eigenvalue weighted by Gasteiger charge is -2.32. The van der Waals surface area contributed by atoms with Crippen molar-refractivity contribution >= 4 is 87.4 Å². The van der Waals surface area contributed by atoms with E-state index < -0.39 is 5.41 Å². The first-order valence-corrected chi connectivity index (χ1v) is 22.7. The summed E-state index contributed by atoms with van der Waals surface area (Å²) in [5, 5.41) is 11.6. The van der Waals surface area contributed by atoms with Crippen LogP contribution in [0.25, 0.3) is 132 Å². The van der Waals surface area contributed by atoms with E-state index >= 15 is 0 Å². The van der Waals surface area contributed by atoms with Gasteiger partial charge in [-0.05, 0) is 131 Å². The second-order valence-corrected chi connectivity index (χ2v) is 18.1. The van der Waals surface area contributed by atoms with Crippen LogP contribution in [0, 0.1) is 0 Å². The van der Waals surface area contributed by atoms with E-state index in [1.54, 1.807) is 0 Å². The van der Waals surface area contributed by atoms with E-state index in [0.29, 0.717) is 0 Å². The van der Waals surface area contributed by atoms with E-state index in [0.717, 1.165) is 88.1 Å². The molecule has 0 aliphatic heterocycles. The molecule has 14 aromatic rings. The van der Waals surface area contributed by atoms with Crippen molar-refractivity contribution in [1.29, 1.82) is 0 Å². The van der Waals surface area contributed by atoms with Gasteiger partial charge in [-0.1, -0.05) is 158 Å². The van der Waals surface area contributed by atoms with Crippen LogP contribution in [0.1, 0.15) is 22.3 Å². The molecule has 3 heteroatoms. The predicted molar refractivity (Wildman–Crippen MR) is 270 cm³/mol. The zero-order valence-electron chi connectivity index (χ0n) is 35.4. The van der Waals surface area contributed by atoms with Gasteiger partial charge < -0.3 is 13.3 Å². The number of fused-ring (bicyclic) bond motifs is 25. The lowest BCUT2D eigenvalue weighted by atomic mass is 9.68. The molecule has 2 aliphatic carbocycles. The van der Waals surface area contributed by atoms with Crippen LogP contribution in [0.2, 0.25) is 0 Å². The molecule has 0 N–H and O–H groups in total. The minimum absolute atomic E-state index is 0.676. The third kappa shape index (κ3) is 4.20. The van der Waals surface area contributed by atoms with Crippen molar-refractivity contribution in [2.45, 2.75) is 5.41 Å². The first-order chi connectivity index (χ1) is 32.7. The lowest BCUT2D eigenvalue weighted by molar-refractivity contribution is 0.668. The van der Waals surface area contributed by atoms with E-state index in [2.05, 4.69) is 194 Å². The van der Waals surface area contributed by atoms with Crippen LogP contribution in [0.5, 0.6) is 0 Å². The average molecular weight is 839 g/mol. The lowest BCUT2D eigenvalue weighted by Crippen LogP contribution is -2.26. The third-order valence-electron chi connectivity index (χ3n) is 15.1. The van der Waals surface area contributed by atoms with Gasteiger partial charge in [0.1, 0.15) is 33.5 Å². The van der Waals surface area contributed by atoms with E-state index in [1.807, 2.05) is 12.1 Å². The second-order valence-electron chi connectivity index (χ2n) is 18.1. The van der Waals surface area contributed by atoms with Crippen LogP contribution in [0.3, 0.4) is 0 Å². The number of hydrogen-bond donors (Lipinski definition) is 0. The fourth-order valence-corrected chi connectivity index (χ4v) is 12.5. The van der Waals surface area contributed by atoms with E-state index in [1.165, 1.54) is 66.1 Å². The molecule has 16 rings (SSSR count). The van der Waals surface area contributed by atoms with Crippen molar-refractivity contribution in [3.05, 3.63) is 229 Å². The Balaban J connectivity index is 1.09. The number of benzene rings is 11. The monoisotopic (exact) mass is 838 g/mol. The predicted octanol–water partition coefficient (Wildman–Crippen LogP) is 17.4. The molecule has 0 saturated carbocycles. The van der Waals surface area contributed by atoms with Crippen LogP contribution in [0.15, 0.2) is 220 Å². The van der Waals surface area contributed by atoms with Gasteiger partial charge in [0.2, 0.25) is 0 Å². The maximum Gasteiger partial charge on any atom is 0.144 e. The Hall–Kier alpha value is -8.66. The fraction of sp³-hybridized carbons (Fsp3) is 0.0159. The Morgan fingerprint density at radius 3 is 1.56 bits per heavy atom. The van der Waals surface area contributed by atoms with Gasteiger partial charge in [-0.3, -0.25) is 0 Å². The Kier molecular flexibility index (Phi) is 6.49. The molecule has 11 aromatic carbocycles. The SMILES string of the molecule is c1ccc2c(c1)-c1ccccc1C21c2cc(-c3cccc4oc5ccccc5c34)c3c(oc4ccccc43)c2-c2c1c1ccc(-c3ccc4oc5ccccc5c4c3)cc1c1ccccc21. The van der Waals surface area contributed by atoms with Crippen LogP contribution >= 0.6 is 0 Å². The summed E-state index contributed by atoms with van der Waals surface area (Å²) in [6, 6.07) is 75.4. The topological polar surface area (TPSA) is 39.4 Å². The first-order valence-electron chi connectivity index (χ1n) is 22.7. The molecule has 0 unspecified atom stereocenters. The van der Waals surface area contributed by atoms with Crippen molar-refractivity contribution in [1.82, 2.24) is 0 Å². The highest BCUT2D eigenvalue weighted by Gasteiger charge is 2.54. The van der Waals surface area contributed by atoms with Crippen molar-refractivity contribution < 1.29 is 13.3 Å². The Labute approximate surface area is 377 Å². The zero-order chi connectivity index (χ0) is 42.8. The minimum atomic E-state index is -0.676. The summed E-state index contributed by atoms with van der Waals surface area (Å²) in [6.45, 7) is 0. The van der Waals surface area contributed by atoms with E-state index in [9.17, 15) is 0 Å². The van der Waals surface area contributed by atoms with Gasteiger partial charge in [0.05, 0.1) is 5.41 Å². The zero-order valence-corrected chi connectivity index (χ0v) is 35.4. The summed E-state index contributed by atoms with van der Waals surface area (Å²) < 4.78 is 20.2. The quantitative estimate of drug-likeness (QED) is 0.163. The van der Waals surface area contributed by atoms with Gasteiger partial charge in [-0.2, -0.15) is 0 Å². The van der Waals surface area contributed by atoms with E-state index in [4.69, 9.17) is 13.3 Å². The van der Waals surface area contributed by atoms with Crippen LogP contribution < -0.4 is 0 Å². The molecule has 0 amide bonds. The van der Waals surface area contributed by atoms with Crippen LogP contribution in [-0.2, 0) is 5.41 Å². The van der Waals surface area contributed by atoms with E-state index in [-0.39, 0.29) is 0 Å². The Morgan fingerprint density at radius 1 is 0.273 bits per heavy atom. The maximum atomic E-state index is 7.34. The molecular weight excluding hydrogens is 805 g/mol. The molecule has 0 saturated heterocycles. The van der Waals surface area contributed by atoms with Gasteiger partial charge in [-0.25, -0.2) is 0 Å². The van der Waals surface area contributed by atoms with Gasteiger partial charge in [0.15, 0.2) is 0 Å². The third-order valence-corrected chi connectivity index (χ3v) is 15.1. The number of furan rings is 3.